The van der Waals surface area contributed by atoms with Crippen molar-refractivity contribution in [2.45, 2.75) is 51.8 Å². The number of sulfonamides is 1. The molecular weight excluding hydrogens is 262 g/mol. The van der Waals surface area contributed by atoms with Crippen molar-refractivity contribution in [2.75, 3.05) is 33.2 Å². The average Bonchev–Trinajstić information content (AvgIpc) is 2.34. The van der Waals surface area contributed by atoms with E-state index < -0.39 is 10.0 Å². The number of nitrogens with zero attached hydrogens (tertiary/aromatic N) is 1. The van der Waals surface area contributed by atoms with Crippen LogP contribution in [0, 0.1) is 0 Å². The third kappa shape index (κ3) is 8.57. The maximum absolute atomic E-state index is 11.9. The van der Waals surface area contributed by atoms with E-state index >= 15 is 0 Å². The molecule has 0 saturated carbocycles. The van der Waals surface area contributed by atoms with Crippen LogP contribution < -0.4 is 10.0 Å². The second-order valence-electron chi connectivity index (χ2n) is 5.38. The van der Waals surface area contributed by atoms with Crippen molar-refractivity contribution in [3.05, 3.63) is 0 Å². The van der Waals surface area contributed by atoms with Gasteiger partial charge in [-0.05, 0) is 53.8 Å². The highest BCUT2D eigenvalue weighted by molar-refractivity contribution is 7.90. The molecule has 0 aliphatic heterocycles. The molecule has 19 heavy (non-hydrogen) atoms. The van der Waals surface area contributed by atoms with Crippen molar-refractivity contribution < 1.29 is 8.42 Å². The van der Waals surface area contributed by atoms with Crippen LogP contribution in [0.25, 0.3) is 0 Å². The minimum atomic E-state index is -3.19. The van der Waals surface area contributed by atoms with Crippen LogP contribution in [0.5, 0.6) is 0 Å². The zero-order valence-corrected chi connectivity index (χ0v) is 13.9. The van der Waals surface area contributed by atoms with Crippen LogP contribution in [0.1, 0.15) is 40.5 Å². The van der Waals surface area contributed by atoms with Gasteiger partial charge in [-0.3, -0.25) is 0 Å². The van der Waals surface area contributed by atoms with E-state index in [0.29, 0.717) is 19.1 Å². The van der Waals surface area contributed by atoms with E-state index in [0.717, 1.165) is 25.9 Å². The zero-order chi connectivity index (χ0) is 14.9. The fourth-order valence-corrected chi connectivity index (χ4v) is 2.59. The van der Waals surface area contributed by atoms with Crippen molar-refractivity contribution in [3.63, 3.8) is 0 Å². The summed E-state index contributed by atoms with van der Waals surface area (Å²) >= 11 is 0. The molecular formula is C13H31N3O2S. The van der Waals surface area contributed by atoms with Crippen molar-refractivity contribution in [3.8, 4) is 0 Å². The zero-order valence-electron chi connectivity index (χ0n) is 13.1. The van der Waals surface area contributed by atoms with Crippen LogP contribution in [0.3, 0.4) is 0 Å². The van der Waals surface area contributed by atoms with Gasteiger partial charge in [-0.2, -0.15) is 0 Å². The molecule has 0 aliphatic carbocycles. The fraction of sp³-hybridized carbons (Fsp3) is 1.00. The highest BCUT2D eigenvalue weighted by Gasteiger charge is 2.19. The maximum Gasteiger partial charge on any atom is 0.215 e. The number of nitrogens with one attached hydrogen (secondary N) is 2. The molecule has 2 N–H and O–H groups in total. The van der Waals surface area contributed by atoms with E-state index in [1.54, 1.807) is 6.92 Å². The van der Waals surface area contributed by atoms with Crippen molar-refractivity contribution in [2.24, 2.45) is 0 Å². The molecule has 1 atom stereocenters. The summed E-state index contributed by atoms with van der Waals surface area (Å²) < 4.78 is 26.6. The van der Waals surface area contributed by atoms with Gasteiger partial charge >= 0.3 is 0 Å². The molecule has 0 aromatic carbocycles. The first-order valence-corrected chi connectivity index (χ1v) is 8.75. The first-order valence-electron chi connectivity index (χ1n) is 7.20. The Morgan fingerprint density at radius 2 is 1.79 bits per heavy atom. The van der Waals surface area contributed by atoms with Crippen LogP contribution >= 0.6 is 0 Å². The van der Waals surface area contributed by atoms with Gasteiger partial charge in [0, 0.05) is 19.1 Å². The van der Waals surface area contributed by atoms with Gasteiger partial charge in [0.15, 0.2) is 0 Å². The molecule has 0 heterocycles. The number of hydrogen-bond donors (Lipinski definition) is 2. The largest absolute Gasteiger partial charge is 0.315 e. The lowest BCUT2D eigenvalue weighted by Crippen LogP contribution is -2.40. The number of rotatable bonds is 11. The molecule has 0 aliphatic rings. The Kier molecular flexibility index (Phi) is 9.60. The van der Waals surface area contributed by atoms with Crippen LogP contribution in [-0.4, -0.2) is 57.8 Å². The van der Waals surface area contributed by atoms with Gasteiger partial charge < -0.3 is 10.2 Å². The maximum atomic E-state index is 11.9. The average molecular weight is 293 g/mol. The molecule has 0 spiro atoms. The summed E-state index contributed by atoms with van der Waals surface area (Å²) in [5.74, 6) is 0. The van der Waals surface area contributed by atoms with Gasteiger partial charge in [0.05, 0.1) is 5.25 Å². The van der Waals surface area contributed by atoms with Crippen LogP contribution in [0.4, 0.5) is 0 Å². The van der Waals surface area contributed by atoms with E-state index in [2.05, 4.69) is 42.8 Å². The predicted octanol–water partition coefficient (Wildman–Crippen LogP) is 1.02. The Balaban J connectivity index is 3.90. The molecule has 116 valence electrons. The van der Waals surface area contributed by atoms with E-state index in [-0.39, 0.29) is 5.25 Å². The lowest BCUT2D eigenvalue weighted by atomic mass is 10.3. The van der Waals surface area contributed by atoms with E-state index in [4.69, 9.17) is 0 Å². The van der Waals surface area contributed by atoms with Gasteiger partial charge in [-0.25, -0.2) is 13.1 Å². The monoisotopic (exact) mass is 293 g/mol. The third-order valence-corrected chi connectivity index (χ3v) is 5.09. The fourth-order valence-electron chi connectivity index (χ4n) is 1.54. The molecule has 5 nitrogen and oxygen atoms in total. The summed E-state index contributed by atoms with van der Waals surface area (Å²) in [5, 5.41) is 2.75. The van der Waals surface area contributed by atoms with Crippen LogP contribution in [0.15, 0.2) is 0 Å². The van der Waals surface area contributed by atoms with Crippen molar-refractivity contribution in [1.29, 1.82) is 0 Å². The number of hydrogen-bond acceptors (Lipinski definition) is 4. The second kappa shape index (κ2) is 9.69. The van der Waals surface area contributed by atoms with Gasteiger partial charge in [-0.1, -0.05) is 6.92 Å². The Labute approximate surface area is 119 Å². The first kappa shape index (κ1) is 18.8. The summed E-state index contributed by atoms with van der Waals surface area (Å²) in [5.41, 5.74) is 0. The smallest absolute Gasteiger partial charge is 0.215 e. The summed E-state index contributed by atoms with van der Waals surface area (Å²) in [6.45, 7) is 10.9. The minimum absolute atomic E-state index is 0.387. The summed E-state index contributed by atoms with van der Waals surface area (Å²) in [4.78, 5) is 2.21. The Hall–Kier alpha value is -0.170. The van der Waals surface area contributed by atoms with E-state index in [9.17, 15) is 8.42 Å². The van der Waals surface area contributed by atoms with Gasteiger partial charge in [0.2, 0.25) is 10.0 Å². The standard InChI is InChI=1S/C13H31N3O2S/c1-6-8-14-11-13(4)19(17,18)15-9-7-10-16(5)12(2)3/h12-15H,6-11H2,1-5H3. The SMILES string of the molecule is CCCNCC(C)S(=O)(=O)NCCCN(C)C(C)C. The lowest BCUT2D eigenvalue weighted by Gasteiger charge is -2.21. The minimum Gasteiger partial charge on any atom is -0.315 e. The lowest BCUT2D eigenvalue weighted by molar-refractivity contribution is 0.271. The third-order valence-electron chi connectivity index (χ3n) is 3.26. The normalized spacial score (nSPS) is 14.3. The van der Waals surface area contributed by atoms with Crippen LogP contribution in [-0.2, 0) is 10.0 Å². The summed E-state index contributed by atoms with van der Waals surface area (Å²) in [7, 11) is -1.14. The molecule has 0 rings (SSSR count). The van der Waals surface area contributed by atoms with Crippen molar-refractivity contribution >= 4 is 10.0 Å². The predicted molar refractivity (Wildman–Crippen MR) is 81.9 cm³/mol. The topological polar surface area (TPSA) is 61.4 Å². The van der Waals surface area contributed by atoms with E-state index in [1.807, 2.05) is 0 Å². The molecule has 1 unspecified atom stereocenters. The van der Waals surface area contributed by atoms with Gasteiger partial charge in [0.1, 0.15) is 0 Å². The molecule has 6 heteroatoms. The Morgan fingerprint density at radius 3 is 2.32 bits per heavy atom. The highest BCUT2D eigenvalue weighted by atomic mass is 32.2. The molecule has 0 saturated heterocycles. The highest BCUT2D eigenvalue weighted by Crippen LogP contribution is 1.98. The molecule has 0 radical (unpaired) electrons. The first-order chi connectivity index (χ1) is 8.81. The summed E-state index contributed by atoms with van der Waals surface area (Å²) in [6, 6.07) is 0.494. The Bertz CT molecular complexity index is 318. The molecule has 0 fully saturated rings. The molecule has 0 aromatic rings. The van der Waals surface area contributed by atoms with Gasteiger partial charge in [-0.15, -0.1) is 0 Å². The van der Waals surface area contributed by atoms with Gasteiger partial charge in [0.25, 0.3) is 0 Å². The second-order valence-corrected chi connectivity index (χ2v) is 7.57. The molecule has 0 amide bonds. The van der Waals surface area contributed by atoms with Crippen LogP contribution in [0.2, 0.25) is 0 Å². The molecule has 0 bridgehead atoms. The summed E-state index contributed by atoms with van der Waals surface area (Å²) in [6.07, 6.45) is 1.85. The Morgan fingerprint density at radius 1 is 1.16 bits per heavy atom. The molecule has 0 aromatic heterocycles. The van der Waals surface area contributed by atoms with Crippen molar-refractivity contribution in [1.82, 2.24) is 14.9 Å². The quantitative estimate of drug-likeness (QED) is 0.559. The van der Waals surface area contributed by atoms with E-state index in [1.165, 1.54) is 0 Å².